The minimum atomic E-state index is -0.886. The van der Waals surface area contributed by atoms with Gasteiger partial charge in [0.05, 0.1) is 5.56 Å². The van der Waals surface area contributed by atoms with E-state index < -0.39 is 17.5 Å². The predicted molar refractivity (Wildman–Crippen MR) is 69.6 cm³/mol. The Labute approximate surface area is 118 Å². The third-order valence-electron chi connectivity index (χ3n) is 2.74. The average molecular weight is 296 g/mol. The summed E-state index contributed by atoms with van der Waals surface area (Å²) in [6.07, 6.45) is 0. The molecule has 0 atom stereocenters. The average Bonchev–Trinajstić information content (AvgIpc) is 2.47. The van der Waals surface area contributed by atoms with Gasteiger partial charge in [-0.2, -0.15) is 0 Å². The summed E-state index contributed by atoms with van der Waals surface area (Å²) < 4.78 is 45.3. The zero-order valence-electron chi connectivity index (χ0n) is 10.7. The van der Waals surface area contributed by atoms with Crippen molar-refractivity contribution in [3.63, 3.8) is 0 Å². The quantitative estimate of drug-likeness (QED) is 0.394. The molecular weight excluding hydrogens is 285 g/mol. The van der Waals surface area contributed by atoms with Crippen LogP contribution in [0.1, 0.15) is 11.1 Å². The lowest BCUT2D eigenvalue weighted by Crippen LogP contribution is -2.16. The fraction of sp³-hybridized carbons (Fsp3) is 0.0714. The molecule has 0 heterocycles. The Bertz CT molecular complexity index is 690. The SMILES string of the molecule is N/C(=N/O)c1cccc(COc2ccc(F)cc2F)c1F. The molecule has 0 saturated carbocycles. The largest absolute Gasteiger partial charge is 0.486 e. The summed E-state index contributed by atoms with van der Waals surface area (Å²) in [5, 5.41) is 11.3. The second-order valence-corrected chi connectivity index (χ2v) is 4.13. The molecule has 0 aromatic heterocycles. The van der Waals surface area contributed by atoms with Crippen LogP contribution >= 0.6 is 0 Å². The van der Waals surface area contributed by atoms with Gasteiger partial charge in [0.1, 0.15) is 18.2 Å². The molecule has 4 nitrogen and oxygen atoms in total. The van der Waals surface area contributed by atoms with Crippen LogP contribution in [0, 0.1) is 17.5 Å². The first kappa shape index (κ1) is 14.7. The van der Waals surface area contributed by atoms with Gasteiger partial charge in [0.2, 0.25) is 0 Å². The Morgan fingerprint density at radius 1 is 1.19 bits per heavy atom. The predicted octanol–water partition coefficient (Wildman–Crippen LogP) is 2.78. The smallest absolute Gasteiger partial charge is 0.173 e. The van der Waals surface area contributed by atoms with Crippen LogP contribution in [0.2, 0.25) is 0 Å². The second-order valence-electron chi connectivity index (χ2n) is 4.13. The molecule has 0 spiro atoms. The van der Waals surface area contributed by atoms with Gasteiger partial charge in [-0.05, 0) is 18.2 Å². The highest BCUT2D eigenvalue weighted by Crippen LogP contribution is 2.20. The van der Waals surface area contributed by atoms with Crippen molar-refractivity contribution in [2.45, 2.75) is 6.61 Å². The Morgan fingerprint density at radius 3 is 2.62 bits per heavy atom. The van der Waals surface area contributed by atoms with E-state index >= 15 is 0 Å². The van der Waals surface area contributed by atoms with Gasteiger partial charge in [0.25, 0.3) is 0 Å². The van der Waals surface area contributed by atoms with Crippen molar-refractivity contribution in [3.8, 4) is 5.75 Å². The molecule has 0 fully saturated rings. The highest BCUT2D eigenvalue weighted by Gasteiger charge is 2.13. The van der Waals surface area contributed by atoms with Gasteiger partial charge < -0.3 is 15.7 Å². The number of nitrogens with zero attached hydrogens (tertiary/aromatic N) is 1. The Morgan fingerprint density at radius 2 is 1.95 bits per heavy atom. The van der Waals surface area contributed by atoms with Crippen molar-refractivity contribution >= 4 is 5.84 Å². The molecule has 0 radical (unpaired) electrons. The number of benzene rings is 2. The summed E-state index contributed by atoms with van der Waals surface area (Å²) in [4.78, 5) is 0. The third-order valence-corrected chi connectivity index (χ3v) is 2.74. The van der Waals surface area contributed by atoms with Crippen LogP contribution < -0.4 is 10.5 Å². The maximum atomic E-state index is 14.1. The van der Waals surface area contributed by atoms with Crippen LogP contribution in [0.3, 0.4) is 0 Å². The van der Waals surface area contributed by atoms with Crippen molar-refractivity contribution < 1.29 is 23.1 Å². The molecule has 7 heteroatoms. The van der Waals surface area contributed by atoms with E-state index in [1.165, 1.54) is 18.2 Å². The summed E-state index contributed by atoms with van der Waals surface area (Å²) in [5.74, 6) is -2.95. The van der Waals surface area contributed by atoms with Gasteiger partial charge in [0.15, 0.2) is 17.4 Å². The first-order valence-electron chi connectivity index (χ1n) is 5.86. The number of oxime groups is 1. The molecular formula is C14H11F3N2O2. The van der Waals surface area contributed by atoms with Crippen LogP contribution in [0.4, 0.5) is 13.2 Å². The number of ether oxygens (including phenoxy) is 1. The molecule has 0 unspecified atom stereocenters. The van der Waals surface area contributed by atoms with Gasteiger partial charge in [-0.15, -0.1) is 0 Å². The monoisotopic (exact) mass is 296 g/mol. The van der Waals surface area contributed by atoms with Gasteiger partial charge >= 0.3 is 0 Å². The molecule has 0 aliphatic heterocycles. The van der Waals surface area contributed by atoms with Gasteiger partial charge in [-0.3, -0.25) is 0 Å². The molecule has 0 saturated heterocycles. The summed E-state index contributed by atoms with van der Waals surface area (Å²) >= 11 is 0. The summed E-state index contributed by atoms with van der Waals surface area (Å²) in [5.41, 5.74) is 5.32. The Hall–Kier alpha value is -2.70. The van der Waals surface area contributed by atoms with Crippen molar-refractivity contribution in [3.05, 3.63) is 65.0 Å². The molecule has 2 rings (SSSR count). The van der Waals surface area contributed by atoms with Crippen LogP contribution in [0.5, 0.6) is 5.75 Å². The first-order valence-corrected chi connectivity index (χ1v) is 5.86. The summed E-state index contributed by atoms with van der Waals surface area (Å²) in [7, 11) is 0. The number of hydrogen-bond donors (Lipinski definition) is 2. The lowest BCUT2D eigenvalue weighted by atomic mass is 10.1. The molecule has 0 bridgehead atoms. The molecule has 0 aliphatic carbocycles. The maximum absolute atomic E-state index is 14.1. The summed E-state index contributed by atoms with van der Waals surface area (Å²) in [6, 6.07) is 7.02. The molecule has 3 N–H and O–H groups in total. The molecule has 2 aromatic carbocycles. The van der Waals surface area contributed by atoms with Gasteiger partial charge in [-0.1, -0.05) is 17.3 Å². The molecule has 21 heavy (non-hydrogen) atoms. The fourth-order valence-electron chi connectivity index (χ4n) is 1.69. The zero-order chi connectivity index (χ0) is 15.4. The second kappa shape index (κ2) is 6.17. The van der Waals surface area contributed by atoms with Crippen molar-refractivity contribution in [1.82, 2.24) is 0 Å². The molecule has 0 aliphatic rings. The number of halogens is 3. The zero-order valence-corrected chi connectivity index (χ0v) is 10.7. The number of rotatable bonds is 4. The van der Waals surface area contributed by atoms with Crippen LogP contribution in [-0.4, -0.2) is 11.0 Å². The number of amidine groups is 1. The van der Waals surface area contributed by atoms with E-state index in [-0.39, 0.29) is 29.3 Å². The lowest BCUT2D eigenvalue weighted by Gasteiger charge is -2.10. The molecule has 0 amide bonds. The van der Waals surface area contributed by atoms with Crippen molar-refractivity contribution in [2.75, 3.05) is 0 Å². The van der Waals surface area contributed by atoms with Gasteiger partial charge in [0, 0.05) is 11.6 Å². The van der Waals surface area contributed by atoms with E-state index in [9.17, 15) is 13.2 Å². The number of hydrogen-bond acceptors (Lipinski definition) is 3. The highest BCUT2D eigenvalue weighted by molar-refractivity contribution is 5.97. The van der Waals surface area contributed by atoms with E-state index in [1.807, 2.05) is 0 Å². The third kappa shape index (κ3) is 3.25. The Balaban J connectivity index is 2.21. The Kier molecular flexibility index (Phi) is 4.32. The van der Waals surface area contributed by atoms with Crippen LogP contribution in [-0.2, 0) is 6.61 Å². The normalized spacial score (nSPS) is 11.5. The van der Waals surface area contributed by atoms with E-state index in [4.69, 9.17) is 15.7 Å². The minimum absolute atomic E-state index is 0.0859. The van der Waals surface area contributed by atoms with Crippen molar-refractivity contribution in [2.24, 2.45) is 10.9 Å². The minimum Gasteiger partial charge on any atom is -0.486 e. The van der Waals surface area contributed by atoms with Gasteiger partial charge in [-0.25, -0.2) is 13.2 Å². The maximum Gasteiger partial charge on any atom is 0.173 e. The van der Waals surface area contributed by atoms with Crippen LogP contribution in [0.15, 0.2) is 41.6 Å². The molecule has 110 valence electrons. The first-order chi connectivity index (χ1) is 10.0. The van der Waals surface area contributed by atoms with Crippen molar-refractivity contribution in [1.29, 1.82) is 0 Å². The van der Waals surface area contributed by atoms with E-state index in [1.54, 1.807) is 0 Å². The number of nitrogens with two attached hydrogens (primary N) is 1. The lowest BCUT2D eigenvalue weighted by molar-refractivity contribution is 0.283. The van der Waals surface area contributed by atoms with E-state index in [0.29, 0.717) is 6.07 Å². The van der Waals surface area contributed by atoms with E-state index in [0.717, 1.165) is 12.1 Å². The fourth-order valence-corrected chi connectivity index (χ4v) is 1.69. The standard InChI is InChI=1S/C14H11F3N2O2/c15-9-4-5-12(11(16)6-9)21-7-8-2-1-3-10(13(8)17)14(18)19-20/h1-6,20H,7H2,(H2,18,19). The summed E-state index contributed by atoms with van der Waals surface area (Å²) in [6.45, 7) is -0.291. The van der Waals surface area contributed by atoms with E-state index in [2.05, 4.69) is 5.16 Å². The topological polar surface area (TPSA) is 67.8 Å². The molecule has 2 aromatic rings. The van der Waals surface area contributed by atoms with Crippen LogP contribution in [0.25, 0.3) is 0 Å². The highest BCUT2D eigenvalue weighted by atomic mass is 19.1.